The lowest BCUT2D eigenvalue weighted by Crippen LogP contribution is -2.22. The number of carbonyl (C=O) groups excluding carboxylic acids is 2. The largest absolute Gasteiger partial charge is 0.451 e. The van der Waals surface area contributed by atoms with Gasteiger partial charge in [0.25, 0.3) is 5.91 Å². The Kier molecular flexibility index (Phi) is 5.25. The molecule has 2 N–H and O–H groups in total. The summed E-state index contributed by atoms with van der Waals surface area (Å²) in [6.45, 7) is -0.560. The predicted molar refractivity (Wildman–Crippen MR) is 99.9 cm³/mol. The Morgan fingerprint density at radius 3 is 2.46 bits per heavy atom. The summed E-state index contributed by atoms with van der Waals surface area (Å²) >= 11 is 11.9. The number of anilines is 1. The van der Waals surface area contributed by atoms with E-state index < -0.39 is 18.5 Å². The van der Waals surface area contributed by atoms with Gasteiger partial charge in [-0.25, -0.2) is 4.79 Å². The molecule has 2 aromatic carbocycles. The van der Waals surface area contributed by atoms with Crippen molar-refractivity contribution in [3.8, 4) is 0 Å². The molecule has 0 spiro atoms. The molecule has 0 bridgehead atoms. The number of aromatic nitrogens is 1. The van der Waals surface area contributed by atoms with Crippen molar-refractivity contribution in [2.45, 2.75) is 0 Å². The van der Waals surface area contributed by atoms with Crippen LogP contribution in [0.4, 0.5) is 5.69 Å². The number of para-hydroxylation sites is 2. The summed E-state index contributed by atoms with van der Waals surface area (Å²) in [5.74, 6) is -1.44. The van der Waals surface area contributed by atoms with Gasteiger partial charge in [-0.05, 0) is 24.3 Å². The maximum atomic E-state index is 12.1. The van der Waals surface area contributed by atoms with Crippen LogP contribution in [-0.4, -0.2) is 23.5 Å². The molecular formula is C18H12Cl2N2O4. The van der Waals surface area contributed by atoms with E-state index in [2.05, 4.69) is 10.3 Å². The van der Waals surface area contributed by atoms with Crippen LogP contribution in [0.2, 0.25) is 10.0 Å². The Hall–Kier alpha value is -2.83. The number of nitrogens with one attached hydrogen (secondary N) is 2. The summed E-state index contributed by atoms with van der Waals surface area (Å²) < 4.78 is 4.94. The zero-order valence-electron chi connectivity index (χ0n) is 13.2. The average Bonchev–Trinajstić information content (AvgIpc) is 2.63. The zero-order valence-corrected chi connectivity index (χ0v) is 14.7. The monoisotopic (exact) mass is 390 g/mol. The van der Waals surface area contributed by atoms with Crippen molar-refractivity contribution in [1.29, 1.82) is 0 Å². The summed E-state index contributed by atoms with van der Waals surface area (Å²) in [4.78, 5) is 38.9. The van der Waals surface area contributed by atoms with E-state index in [0.29, 0.717) is 10.9 Å². The molecule has 8 heteroatoms. The molecule has 0 saturated carbocycles. The molecule has 0 aliphatic carbocycles. The number of amides is 1. The lowest BCUT2D eigenvalue weighted by molar-refractivity contribution is -0.119. The number of H-pyrrole nitrogens is 1. The van der Waals surface area contributed by atoms with Gasteiger partial charge in [0.05, 0.1) is 15.7 Å². The summed E-state index contributed by atoms with van der Waals surface area (Å²) in [6.07, 6.45) is 0. The number of rotatable bonds is 4. The molecule has 0 fully saturated rings. The summed E-state index contributed by atoms with van der Waals surface area (Å²) in [7, 11) is 0. The normalized spacial score (nSPS) is 10.5. The van der Waals surface area contributed by atoms with Crippen molar-refractivity contribution in [2.75, 3.05) is 11.9 Å². The topological polar surface area (TPSA) is 88.3 Å². The molecule has 0 aliphatic rings. The zero-order chi connectivity index (χ0) is 18.7. The number of aromatic amines is 1. The van der Waals surface area contributed by atoms with Crippen LogP contribution < -0.4 is 10.7 Å². The fraction of sp³-hybridized carbons (Fsp3) is 0.0556. The van der Waals surface area contributed by atoms with Gasteiger partial charge in [-0.15, -0.1) is 0 Å². The van der Waals surface area contributed by atoms with Crippen LogP contribution in [0, 0.1) is 0 Å². The molecule has 3 rings (SSSR count). The number of halogens is 2. The Morgan fingerprint density at radius 2 is 1.73 bits per heavy atom. The minimum Gasteiger partial charge on any atom is -0.451 e. The fourth-order valence-corrected chi connectivity index (χ4v) is 2.80. The van der Waals surface area contributed by atoms with Crippen molar-refractivity contribution in [3.05, 3.63) is 74.5 Å². The number of benzene rings is 2. The van der Waals surface area contributed by atoms with Crippen LogP contribution in [-0.2, 0) is 9.53 Å². The molecule has 3 aromatic rings. The van der Waals surface area contributed by atoms with Crippen molar-refractivity contribution >= 4 is 51.7 Å². The van der Waals surface area contributed by atoms with Gasteiger partial charge in [-0.2, -0.15) is 0 Å². The van der Waals surface area contributed by atoms with E-state index in [0.717, 1.165) is 6.07 Å². The van der Waals surface area contributed by atoms with E-state index >= 15 is 0 Å². The second-order valence-corrected chi connectivity index (χ2v) is 6.13. The number of fused-ring (bicyclic) bond motifs is 1. The van der Waals surface area contributed by atoms with E-state index in [-0.39, 0.29) is 26.9 Å². The van der Waals surface area contributed by atoms with Crippen LogP contribution in [0.5, 0.6) is 0 Å². The number of esters is 1. The van der Waals surface area contributed by atoms with E-state index in [1.807, 2.05) is 0 Å². The van der Waals surface area contributed by atoms with Crippen LogP contribution in [0.25, 0.3) is 10.9 Å². The standard InChI is InChI=1S/C18H12Cl2N2O4/c19-11-5-3-6-12(20)17(11)22-16(24)9-26-18(25)14-8-15(23)10-4-1-2-7-13(10)21-14/h1-8H,9H2,(H,21,23)(H,22,24). The molecule has 1 aromatic heterocycles. The van der Waals surface area contributed by atoms with Crippen molar-refractivity contribution in [1.82, 2.24) is 4.98 Å². The fourth-order valence-electron chi connectivity index (χ4n) is 2.31. The van der Waals surface area contributed by atoms with Crippen LogP contribution in [0.3, 0.4) is 0 Å². The van der Waals surface area contributed by atoms with E-state index in [9.17, 15) is 14.4 Å². The van der Waals surface area contributed by atoms with Gasteiger partial charge in [-0.1, -0.05) is 41.4 Å². The highest BCUT2D eigenvalue weighted by molar-refractivity contribution is 6.39. The highest BCUT2D eigenvalue weighted by atomic mass is 35.5. The van der Waals surface area contributed by atoms with Crippen molar-refractivity contribution < 1.29 is 14.3 Å². The first-order valence-electron chi connectivity index (χ1n) is 7.49. The van der Waals surface area contributed by atoms with Gasteiger partial charge >= 0.3 is 5.97 Å². The third-order valence-electron chi connectivity index (χ3n) is 3.52. The first kappa shape index (κ1) is 18.0. The molecule has 0 aliphatic heterocycles. The third kappa shape index (κ3) is 3.87. The van der Waals surface area contributed by atoms with E-state index in [1.54, 1.807) is 42.5 Å². The average molecular weight is 391 g/mol. The number of ether oxygens (including phenoxy) is 1. The molecule has 0 unspecified atom stereocenters. The van der Waals surface area contributed by atoms with E-state index in [1.165, 1.54) is 0 Å². The number of hydrogen-bond acceptors (Lipinski definition) is 4. The highest BCUT2D eigenvalue weighted by Gasteiger charge is 2.15. The first-order valence-corrected chi connectivity index (χ1v) is 8.24. The predicted octanol–water partition coefficient (Wildman–Crippen LogP) is 3.63. The van der Waals surface area contributed by atoms with Crippen molar-refractivity contribution in [3.63, 3.8) is 0 Å². The molecule has 132 valence electrons. The van der Waals surface area contributed by atoms with Crippen LogP contribution in [0.15, 0.2) is 53.3 Å². The molecule has 26 heavy (non-hydrogen) atoms. The lowest BCUT2D eigenvalue weighted by Gasteiger charge is -2.09. The van der Waals surface area contributed by atoms with Gasteiger partial charge in [0.15, 0.2) is 12.0 Å². The van der Waals surface area contributed by atoms with E-state index in [4.69, 9.17) is 27.9 Å². The summed E-state index contributed by atoms with van der Waals surface area (Å²) in [5, 5.41) is 3.45. The smallest absolute Gasteiger partial charge is 0.355 e. The molecule has 0 saturated heterocycles. The number of pyridine rings is 1. The van der Waals surface area contributed by atoms with Crippen LogP contribution >= 0.6 is 23.2 Å². The second-order valence-electron chi connectivity index (χ2n) is 5.31. The molecule has 1 heterocycles. The number of hydrogen-bond donors (Lipinski definition) is 2. The molecule has 0 radical (unpaired) electrons. The maximum absolute atomic E-state index is 12.1. The minimum atomic E-state index is -0.826. The van der Waals surface area contributed by atoms with Crippen molar-refractivity contribution in [2.24, 2.45) is 0 Å². The van der Waals surface area contributed by atoms with Gasteiger partial charge < -0.3 is 15.0 Å². The minimum absolute atomic E-state index is 0.0442. The quantitative estimate of drug-likeness (QED) is 0.665. The first-order chi connectivity index (χ1) is 12.5. The third-order valence-corrected chi connectivity index (χ3v) is 4.15. The molecular weight excluding hydrogens is 379 g/mol. The van der Waals surface area contributed by atoms with Gasteiger partial charge in [0.1, 0.15) is 5.69 Å². The van der Waals surface area contributed by atoms with Gasteiger partial charge in [-0.3, -0.25) is 9.59 Å². The maximum Gasteiger partial charge on any atom is 0.355 e. The highest BCUT2D eigenvalue weighted by Crippen LogP contribution is 2.29. The Labute approximate surface area is 157 Å². The van der Waals surface area contributed by atoms with Gasteiger partial charge in [0.2, 0.25) is 0 Å². The molecule has 1 amide bonds. The number of carbonyl (C=O) groups is 2. The second kappa shape index (κ2) is 7.59. The SMILES string of the molecule is O=C(COC(=O)c1cc(=O)c2ccccc2[nH]1)Nc1c(Cl)cccc1Cl. The summed E-state index contributed by atoms with van der Waals surface area (Å²) in [6, 6.07) is 12.7. The molecule has 0 atom stereocenters. The molecule has 6 nitrogen and oxygen atoms in total. The Balaban J connectivity index is 1.69. The lowest BCUT2D eigenvalue weighted by atomic mass is 10.2. The Morgan fingerprint density at radius 1 is 1.04 bits per heavy atom. The summed E-state index contributed by atoms with van der Waals surface area (Å²) in [5.41, 5.74) is 0.367. The van der Waals surface area contributed by atoms with Gasteiger partial charge in [0, 0.05) is 17.0 Å². The Bertz CT molecular complexity index is 1040. The van der Waals surface area contributed by atoms with Crippen LogP contribution in [0.1, 0.15) is 10.5 Å².